The van der Waals surface area contributed by atoms with Gasteiger partial charge in [0.2, 0.25) is 11.8 Å². The van der Waals surface area contributed by atoms with E-state index >= 15 is 0 Å². The summed E-state index contributed by atoms with van der Waals surface area (Å²) in [5.74, 6) is 0.444. The summed E-state index contributed by atoms with van der Waals surface area (Å²) >= 11 is 3.50. The summed E-state index contributed by atoms with van der Waals surface area (Å²) in [5, 5.41) is 0. The van der Waals surface area contributed by atoms with E-state index in [0.29, 0.717) is 26.1 Å². The van der Waals surface area contributed by atoms with Crippen molar-refractivity contribution in [1.29, 1.82) is 0 Å². The van der Waals surface area contributed by atoms with Gasteiger partial charge in [-0.25, -0.2) is 0 Å². The molecule has 1 saturated heterocycles. The highest BCUT2D eigenvalue weighted by Crippen LogP contribution is 2.35. The topological polar surface area (TPSA) is 72.6 Å². The van der Waals surface area contributed by atoms with Gasteiger partial charge in [0.25, 0.3) is 0 Å². The smallest absolute Gasteiger partial charge is 0.227 e. The fraction of sp³-hybridized carbons (Fsp3) is 0.364. The summed E-state index contributed by atoms with van der Waals surface area (Å²) in [5.41, 5.74) is 6.04. The Morgan fingerprint density at radius 3 is 2.54 bits per heavy atom. The van der Waals surface area contributed by atoms with E-state index in [1.807, 2.05) is 59.5 Å². The van der Waals surface area contributed by atoms with Crippen LogP contribution in [0.15, 0.2) is 59.1 Å². The van der Waals surface area contributed by atoms with Gasteiger partial charge in [-0.05, 0) is 36.6 Å². The van der Waals surface area contributed by atoms with Gasteiger partial charge in [0.15, 0.2) is 0 Å². The van der Waals surface area contributed by atoms with E-state index < -0.39 is 5.41 Å². The Kier molecular flexibility index (Phi) is 6.73. The first kappa shape index (κ1) is 20.4. The van der Waals surface area contributed by atoms with E-state index in [2.05, 4.69) is 15.9 Å². The van der Waals surface area contributed by atoms with Crippen molar-refractivity contribution < 1.29 is 14.3 Å². The largest absolute Gasteiger partial charge is 0.493 e. The van der Waals surface area contributed by atoms with Crippen molar-refractivity contribution in [2.24, 2.45) is 11.1 Å². The molecule has 1 heterocycles. The molecule has 6 heteroatoms. The maximum absolute atomic E-state index is 12.9. The van der Waals surface area contributed by atoms with Crippen LogP contribution in [0.3, 0.4) is 0 Å². The molecule has 28 heavy (non-hydrogen) atoms. The van der Waals surface area contributed by atoms with Crippen molar-refractivity contribution in [3.8, 4) is 5.75 Å². The zero-order chi connectivity index (χ0) is 20.0. The van der Waals surface area contributed by atoms with Crippen LogP contribution in [0.4, 0.5) is 0 Å². The standard InChI is InChI=1S/C22H25BrN2O3/c23-19-10-5-4-7-17(19)13-21(27)25-12-6-11-22(15-25,14-20(24)26)16-28-18-8-2-1-3-9-18/h1-5,7-10H,6,11-16H2,(H2,24,26)/t22-/m0/s1. The third-order valence-electron chi connectivity index (χ3n) is 5.15. The van der Waals surface area contributed by atoms with Crippen LogP contribution in [-0.4, -0.2) is 36.4 Å². The lowest BCUT2D eigenvalue weighted by Gasteiger charge is -2.42. The molecule has 2 aromatic rings. The lowest BCUT2D eigenvalue weighted by atomic mass is 9.77. The quantitative estimate of drug-likeness (QED) is 0.709. The first-order valence-electron chi connectivity index (χ1n) is 9.45. The minimum Gasteiger partial charge on any atom is -0.493 e. The monoisotopic (exact) mass is 444 g/mol. The van der Waals surface area contributed by atoms with Gasteiger partial charge >= 0.3 is 0 Å². The maximum atomic E-state index is 12.9. The third-order valence-corrected chi connectivity index (χ3v) is 5.92. The van der Waals surface area contributed by atoms with Gasteiger partial charge in [-0.3, -0.25) is 9.59 Å². The van der Waals surface area contributed by atoms with Crippen molar-refractivity contribution in [3.63, 3.8) is 0 Å². The second kappa shape index (κ2) is 9.24. The number of halogens is 1. The zero-order valence-corrected chi connectivity index (χ0v) is 17.4. The van der Waals surface area contributed by atoms with Crippen molar-refractivity contribution in [1.82, 2.24) is 4.90 Å². The zero-order valence-electron chi connectivity index (χ0n) is 15.8. The number of carbonyl (C=O) groups is 2. The molecule has 1 fully saturated rings. The van der Waals surface area contributed by atoms with Gasteiger partial charge < -0.3 is 15.4 Å². The molecule has 0 spiro atoms. The van der Waals surface area contributed by atoms with Gasteiger partial charge in [0.05, 0.1) is 13.0 Å². The first-order chi connectivity index (χ1) is 13.5. The molecular formula is C22H25BrN2O3. The highest BCUT2D eigenvalue weighted by Gasteiger charge is 2.39. The molecule has 2 aromatic carbocycles. The number of primary amides is 1. The van der Waals surface area contributed by atoms with E-state index in [0.717, 1.165) is 28.6 Å². The molecule has 1 aliphatic rings. The first-order valence-corrected chi connectivity index (χ1v) is 10.2. The number of nitrogens with zero attached hydrogens (tertiary/aromatic N) is 1. The van der Waals surface area contributed by atoms with E-state index in [9.17, 15) is 9.59 Å². The molecule has 0 radical (unpaired) electrons. The summed E-state index contributed by atoms with van der Waals surface area (Å²) in [4.78, 5) is 26.5. The Hall–Kier alpha value is -2.34. The highest BCUT2D eigenvalue weighted by molar-refractivity contribution is 9.10. The number of para-hydroxylation sites is 1. The fourth-order valence-electron chi connectivity index (χ4n) is 3.77. The van der Waals surface area contributed by atoms with Crippen LogP contribution in [0.5, 0.6) is 5.75 Å². The number of rotatable bonds is 7. The van der Waals surface area contributed by atoms with Gasteiger partial charge in [-0.2, -0.15) is 0 Å². The van der Waals surface area contributed by atoms with Gasteiger partial charge in [0, 0.05) is 29.4 Å². The molecule has 5 nitrogen and oxygen atoms in total. The molecule has 1 atom stereocenters. The molecule has 0 saturated carbocycles. The van der Waals surface area contributed by atoms with E-state index in [1.54, 1.807) is 0 Å². The van der Waals surface area contributed by atoms with Gasteiger partial charge in [-0.1, -0.05) is 52.3 Å². The minimum absolute atomic E-state index is 0.0557. The van der Waals surface area contributed by atoms with Crippen LogP contribution in [0.25, 0.3) is 0 Å². The molecule has 0 unspecified atom stereocenters. The lowest BCUT2D eigenvalue weighted by Crippen LogP contribution is -2.50. The highest BCUT2D eigenvalue weighted by atomic mass is 79.9. The Balaban J connectivity index is 1.71. The minimum atomic E-state index is -0.455. The number of piperidine rings is 1. The second-order valence-corrected chi connectivity index (χ2v) is 8.29. The van der Waals surface area contributed by atoms with E-state index in [4.69, 9.17) is 10.5 Å². The average Bonchev–Trinajstić information content (AvgIpc) is 2.69. The molecule has 0 aliphatic carbocycles. The third kappa shape index (κ3) is 5.35. The number of amides is 2. The summed E-state index contributed by atoms with van der Waals surface area (Å²) < 4.78 is 6.89. The average molecular weight is 445 g/mol. The van der Waals surface area contributed by atoms with Crippen molar-refractivity contribution in [3.05, 3.63) is 64.6 Å². The van der Waals surface area contributed by atoms with Gasteiger partial charge in [0.1, 0.15) is 5.75 Å². The molecule has 0 aromatic heterocycles. The number of hydrogen-bond acceptors (Lipinski definition) is 3. The molecule has 2 amide bonds. The molecule has 148 valence electrons. The van der Waals surface area contributed by atoms with Crippen LogP contribution < -0.4 is 10.5 Å². The Labute approximate surface area is 174 Å². The van der Waals surface area contributed by atoms with Crippen LogP contribution in [0.2, 0.25) is 0 Å². The van der Waals surface area contributed by atoms with E-state index in [-0.39, 0.29) is 18.2 Å². The van der Waals surface area contributed by atoms with Gasteiger partial charge in [-0.15, -0.1) is 0 Å². The Morgan fingerprint density at radius 2 is 1.82 bits per heavy atom. The van der Waals surface area contributed by atoms with Crippen LogP contribution in [0, 0.1) is 5.41 Å². The predicted octanol–water partition coefficient (Wildman–Crippen LogP) is 3.55. The van der Waals surface area contributed by atoms with Crippen molar-refractivity contribution in [2.45, 2.75) is 25.7 Å². The van der Waals surface area contributed by atoms with Crippen molar-refractivity contribution in [2.75, 3.05) is 19.7 Å². The molecule has 0 bridgehead atoms. The SMILES string of the molecule is NC(=O)C[C@@]1(COc2ccccc2)CCCN(C(=O)Cc2ccccc2Br)C1. The fourth-order valence-corrected chi connectivity index (χ4v) is 4.20. The number of hydrogen-bond donors (Lipinski definition) is 1. The Bertz CT molecular complexity index is 828. The molecule has 2 N–H and O–H groups in total. The number of nitrogens with two attached hydrogens (primary N) is 1. The van der Waals surface area contributed by atoms with Crippen LogP contribution >= 0.6 is 15.9 Å². The number of ether oxygens (including phenoxy) is 1. The Morgan fingerprint density at radius 1 is 1.11 bits per heavy atom. The second-order valence-electron chi connectivity index (χ2n) is 7.43. The summed E-state index contributed by atoms with van der Waals surface area (Å²) in [6, 6.07) is 17.2. The lowest BCUT2D eigenvalue weighted by molar-refractivity contribution is -0.136. The number of likely N-dealkylation sites (tertiary alicyclic amines) is 1. The van der Waals surface area contributed by atoms with Crippen molar-refractivity contribution >= 4 is 27.7 Å². The molecule has 3 rings (SSSR count). The molecule has 1 aliphatic heterocycles. The van der Waals surface area contributed by atoms with Crippen LogP contribution in [0.1, 0.15) is 24.8 Å². The van der Waals surface area contributed by atoms with Crippen LogP contribution in [-0.2, 0) is 16.0 Å². The number of carbonyl (C=O) groups excluding carboxylic acids is 2. The number of benzene rings is 2. The normalized spacial score (nSPS) is 19.2. The summed E-state index contributed by atoms with van der Waals surface area (Å²) in [6.07, 6.45) is 2.17. The maximum Gasteiger partial charge on any atom is 0.227 e. The molecular weight excluding hydrogens is 420 g/mol. The predicted molar refractivity (Wildman–Crippen MR) is 112 cm³/mol. The summed E-state index contributed by atoms with van der Waals surface area (Å²) in [6.45, 7) is 1.53. The summed E-state index contributed by atoms with van der Waals surface area (Å²) in [7, 11) is 0. The van der Waals surface area contributed by atoms with E-state index in [1.165, 1.54) is 0 Å².